The molecule has 3 aromatic carbocycles. The third-order valence-electron chi connectivity index (χ3n) is 5.52. The first kappa shape index (κ1) is 27.0. The number of fused-ring (bicyclic) bond motifs is 1. The number of benzene rings is 3. The van der Waals surface area contributed by atoms with Crippen molar-refractivity contribution in [1.82, 2.24) is 4.98 Å². The third kappa shape index (κ3) is 5.96. The van der Waals surface area contributed by atoms with E-state index in [0.29, 0.717) is 17.1 Å². The van der Waals surface area contributed by atoms with Gasteiger partial charge in [-0.3, -0.25) is 0 Å². The number of anilines is 2. The Morgan fingerprint density at radius 2 is 1.56 bits per heavy atom. The molecule has 36 heavy (non-hydrogen) atoms. The van der Waals surface area contributed by atoms with E-state index in [4.69, 9.17) is 16.9 Å². The molecule has 0 saturated carbocycles. The van der Waals surface area contributed by atoms with Crippen LogP contribution in [-0.4, -0.2) is 17.5 Å². The zero-order valence-electron chi connectivity index (χ0n) is 20.0. The van der Waals surface area contributed by atoms with Crippen molar-refractivity contribution < 1.29 is 17.6 Å². The lowest BCUT2D eigenvalue weighted by molar-refractivity contribution is -0.137. The molecule has 0 bridgehead atoms. The normalized spacial score (nSPS) is 11.3. The largest absolute Gasteiger partial charge is 0.416 e. The number of nitrogens with one attached hydrogen (secondary N) is 1. The number of alkyl halides is 3. The third-order valence-corrected chi connectivity index (χ3v) is 6.26. The summed E-state index contributed by atoms with van der Waals surface area (Å²) in [5.41, 5.74) is 15.2. The zero-order chi connectivity index (χ0) is 26.6. The first-order valence-corrected chi connectivity index (χ1v) is 12.2. The summed E-state index contributed by atoms with van der Waals surface area (Å²) in [5, 5.41) is 9.16. The van der Waals surface area contributed by atoms with Gasteiger partial charge < -0.3 is 16.9 Å². The van der Waals surface area contributed by atoms with Crippen molar-refractivity contribution in [3.05, 3.63) is 83.3 Å². The van der Waals surface area contributed by atoms with Crippen LogP contribution in [0.15, 0.2) is 65.6 Å². The summed E-state index contributed by atoms with van der Waals surface area (Å²) < 4.78 is 49.4. The maximum absolute atomic E-state index is 13.3. The monoisotopic (exact) mass is 514 g/mol. The molecule has 1 aromatic heterocycles. The van der Waals surface area contributed by atoms with Crippen LogP contribution < -0.4 is 11.5 Å². The van der Waals surface area contributed by atoms with Crippen molar-refractivity contribution in [2.45, 2.75) is 30.8 Å². The standard InChI is InChI=1S/C19H19FN4.C8H7F3S/c1-10(2)18-17(11-3-5-13(20)6-4-11)14-7-12(9-21)16(22)8-15(14)19(23)24-18;1-12-7-4-2-6(3-5-7)8(9,10)11/h3-10,21H,22H2,1-2H3,(H2,23,24);2-5H,1H3. The second kappa shape index (κ2) is 11.0. The molecule has 4 aromatic rings. The Morgan fingerprint density at radius 1 is 0.944 bits per heavy atom. The van der Waals surface area contributed by atoms with Crippen molar-refractivity contribution in [2.75, 3.05) is 17.7 Å². The quantitative estimate of drug-likeness (QED) is 0.112. The second-order valence-corrected chi connectivity index (χ2v) is 9.20. The highest BCUT2D eigenvalue weighted by atomic mass is 32.2. The van der Waals surface area contributed by atoms with Crippen LogP contribution in [0.2, 0.25) is 0 Å². The lowest BCUT2D eigenvalue weighted by Gasteiger charge is -2.18. The van der Waals surface area contributed by atoms with Crippen molar-refractivity contribution >= 4 is 40.3 Å². The average Bonchev–Trinajstić information content (AvgIpc) is 2.84. The number of pyridine rings is 1. The van der Waals surface area contributed by atoms with E-state index >= 15 is 0 Å². The summed E-state index contributed by atoms with van der Waals surface area (Å²) in [7, 11) is 0. The Morgan fingerprint density at radius 3 is 2.06 bits per heavy atom. The van der Waals surface area contributed by atoms with Gasteiger partial charge in [0, 0.05) is 33.3 Å². The summed E-state index contributed by atoms with van der Waals surface area (Å²) in [6, 6.07) is 15.0. The summed E-state index contributed by atoms with van der Waals surface area (Å²) >= 11 is 1.42. The van der Waals surface area contributed by atoms with Crippen LogP contribution in [0.4, 0.5) is 29.1 Å². The summed E-state index contributed by atoms with van der Waals surface area (Å²) in [5.74, 6) is 0.252. The van der Waals surface area contributed by atoms with Gasteiger partial charge in [-0.2, -0.15) is 13.2 Å². The molecular weight excluding hydrogens is 488 g/mol. The van der Waals surface area contributed by atoms with Gasteiger partial charge in [0.05, 0.1) is 11.3 Å². The number of hydrogen-bond donors (Lipinski definition) is 3. The Labute approximate surface area is 211 Å². The molecule has 4 rings (SSSR count). The van der Waals surface area contributed by atoms with Gasteiger partial charge in [0.15, 0.2) is 0 Å². The van der Waals surface area contributed by atoms with Crippen LogP contribution in [0.1, 0.15) is 36.6 Å². The number of nitrogen functional groups attached to an aromatic ring is 2. The Balaban J connectivity index is 0.000000253. The molecule has 0 radical (unpaired) electrons. The summed E-state index contributed by atoms with van der Waals surface area (Å²) in [6.07, 6.45) is -1.19. The van der Waals surface area contributed by atoms with Gasteiger partial charge in [-0.05, 0) is 71.7 Å². The second-order valence-electron chi connectivity index (χ2n) is 8.32. The minimum Gasteiger partial charge on any atom is -0.398 e. The fourth-order valence-electron chi connectivity index (χ4n) is 3.68. The van der Waals surface area contributed by atoms with E-state index in [1.54, 1.807) is 18.2 Å². The van der Waals surface area contributed by atoms with E-state index in [-0.39, 0.29) is 11.7 Å². The molecule has 9 heteroatoms. The van der Waals surface area contributed by atoms with Crippen LogP contribution in [0.5, 0.6) is 0 Å². The number of hydrogen-bond acceptors (Lipinski definition) is 5. The minimum absolute atomic E-state index is 0.137. The van der Waals surface area contributed by atoms with Crippen LogP contribution in [0.25, 0.3) is 21.9 Å². The molecule has 0 aliphatic heterocycles. The molecule has 0 spiro atoms. The van der Waals surface area contributed by atoms with Crippen molar-refractivity contribution in [3.8, 4) is 11.1 Å². The van der Waals surface area contributed by atoms with E-state index in [1.807, 2.05) is 26.2 Å². The zero-order valence-corrected chi connectivity index (χ0v) is 20.8. The predicted molar refractivity (Wildman–Crippen MR) is 141 cm³/mol. The van der Waals surface area contributed by atoms with Crippen LogP contribution in [-0.2, 0) is 6.18 Å². The SMILES string of the molecule is CC(C)c1nc(N)c2cc(N)c(C=N)cc2c1-c1ccc(F)cc1.CSc1ccc(C(F)(F)F)cc1. The topological polar surface area (TPSA) is 88.8 Å². The lowest BCUT2D eigenvalue weighted by Crippen LogP contribution is -2.04. The summed E-state index contributed by atoms with van der Waals surface area (Å²) in [4.78, 5) is 5.40. The smallest absolute Gasteiger partial charge is 0.398 e. The fraction of sp³-hybridized carbons (Fsp3) is 0.185. The van der Waals surface area contributed by atoms with Gasteiger partial charge in [0.2, 0.25) is 0 Å². The van der Waals surface area contributed by atoms with Gasteiger partial charge in [0.1, 0.15) is 11.6 Å². The highest BCUT2D eigenvalue weighted by Gasteiger charge is 2.29. The van der Waals surface area contributed by atoms with E-state index in [1.165, 1.54) is 42.2 Å². The van der Waals surface area contributed by atoms with Crippen molar-refractivity contribution in [3.63, 3.8) is 0 Å². The number of thioether (sulfide) groups is 1. The Hall–Kier alpha value is -3.59. The fourth-order valence-corrected chi connectivity index (χ4v) is 4.09. The van der Waals surface area contributed by atoms with Crippen molar-refractivity contribution in [1.29, 1.82) is 5.41 Å². The van der Waals surface area contributed by atoms with Crippen LogP contribution >= 0.6 is 11.8 Å². The Bertz CT molecular complexity index is 1370. The number of aromatic nitrogens is 1. The molecule has 0 saturated heterocycles. The molecular formula is C27H26F4N4S. The van der Waals surface area contributed by atoms with Crippen molar-refractivity contribution in [2.24, 2.45) is 0 Å². The lowest BCUT2D eigenvalue weighted by atomic mass is 9.91. The number of nitrogens with zero attached hydrogens (tertiary/aromatic N) is 1. The average molecular weight is 515 g/mol. The molecule has 0 amide bonds. The predicted octanol–water partition coefficient (Wildman–Crippen LogP) is 7.75. The van der Waals surface area contributed by atoms with Gasteiger partial charge in [0.25, 0.3) is 0 Å². The molecule has 188 valence electrons. The molecule has 0 unspecified atom stereocenters. The minimum atomic E-state index is -4.23. The molecule has 0 fully saturated rings. The van der Waals surface area contributed by atoms with Gasteiger partial charge in [-0.25, -0.2) is 9.37 Å². The van der Waals surface area contributed by atoms with Gasteiger partial charge in [-0.1, -0.05) is 26.0 Å². The number of rotatable bonds is 4. The van der Waals surface area contributed by atoms with E-state index in [2.05, 4.69) is 4.98 Å². The molecule has 5 N–H and O–H groups in total. The first-order chi connectivity index (χ1) is 17.0. The first-order valence-electron chi connectivity index (χ1n) is 11.0. The van der Waals surface area contributed by atoms with Crippen LogP contribution in [0, 0.1) is 11.2 Å². The molecule has 4 nitrogen and oxygen atoms in total. The van der Waals surface area contributed by atoms with Gasteiger partial charge >= 0.3 is 6.18 Å². The Kier molecular flexibility index (Phi) is 8.24. The molecule has 0 aliphatic rings. The van der Waals surface area contributed by atoms with Crippen LogP contribution in [0.3, 0.4) is 0 Å². The number of halogens is 4. The maximum Gasteiger partial charge on any atom is 0.416 e. The van der Waals surface area contributed by atoms with E-state index in [9.17, 15) is 17.6 Å². The van der Waals surface area contributed by atoms with E-state index < -0.39 is 11.7 Å². The molecule has 1 heterocycles. The highest BCUT2D eigenvalue weighted by molar-refractivity contribution is 7.98. The molecule has 0 aliphatic carbocycles. The summed E-state index contributed by atoms with van der Waals surface area (Å²) in [6.45, 7) is 4.07. The highest BCUT2D eigenvalue weighted by Crippen LogP contribution is 2.38. The molecule has 0 atom stereocenters. The van der Waals surface area contributed by atoms with E-state index in [0.717, 1.165) is 44.6 Å². The number of nitrogens with two attached hydrogens (primary N) is 2. The van der Waals surface area contributed by atoms with Gasteiger partial charge in [-0.15, -0.1) is 11.8 Å². The maximum atomic E-state index is 13.3.